The summed E-state index contributed by atoms with van der Waals surface area (Å²) in [6, 6.07) is 12.1. The molecule has 0 spiro atoms. The smallest absolute Gasteiger partial charge is 0.262 e. The van der Waals surface area contributed by atoms with Crippen molar-refractivity contribution in [2.45, 2.75) is 31.1 Å². The summed E-state index contributed by atoms with van der Waals surface area (Å²) < 4.78 is 6.65. The Kier molecular flexibility index (Phi) is 6.47. The molecule has 4 rings (SSSR count). The SMILES string of the molecule is COCCn1c(SCC(=O)N2c3ccccc3NC(=O)C2(C)C)nc2cc(Cl)ccc2c1=O. The molecule has 1 aromatic heterocycles. The fourth-order valence-corrected chi connectivity index (χ4v) is 4.79. The van der Waals surface area contributed by atoms with E-state index in [2.05, 4.69) is 10.3 Å². The van der Waals surface area contributed by atoms with E-state index in [9.17, 15) is 14.4 Å². The van der Waals surface area contributed by atoms with Gasteiger partial charge < -0.3 is 10.1 Å². The highest BCUT2D eigenvalue weighted by Gasteiger charge is 2.43. The van der Waals surface area contributed by atoms with Crippen LogP contribution >= 0.6 is 23.4 Å². The lowest BCUT2D eigenvalue weighted by atomic mass is 9.96. The number of thioether (sulfide) groups is 1. The van der Waals surface area contributed by atoms with Gasteiger partial charge in [0.25, 0.3) is 5.56 Å². The summed E-state index contributed by atoms with van der Waals surface area (Å²) >= 11 is 7.24. The molecule has 33 heavy (non-hydrogen) atoms. The summed E-state index contributed by atoms with van der Waals surface area (Å²) in [6.45, 7) is 4.00. The fraction of sp³-hybridized carbons (Fsp3) is 0.304. The Morgan fingerprint density at radius 2 is 1.97 bits per heavy atom. The molecular weight excluding hydrogens is 464 g/mol. The predicted molar refractivity (Wildman–Crippen MR) is 130 cm³/mol. The van der Waals surface area contributed by atoms with Crippen molar-refractivity contribution in [2.75, 3.05) is 29.7 Å². The molecule has 172 valence electrons. The van der Waals surface area contributed by atoms with E-state index in [1.807, 2.05) is 6.07 Å². The largest absolute Gasteiger partial charge is 0.383 e. The van der Waals surface area contributed by atoms with Gasteiger partial charge in [-0.25, -0.2) is 4.98 Å². The van der Waals surface area contributed by atoms with Crippen LogP contribution in [-0.2, 0) is 20.9 Å². The maximum Gasteiger partial charge on any atom is 0.262 e. The molecule has 0 saturated heterocycles. The van der Waals surface area contributed by atoms with Crippen LogP contribution in [0.1, 0.15) is 13.8 Å². The number of carbonyl (C=O) groups excluding carboxylic acids is 2. The van der Waals surface area contributed by atoms with Gasteiger partial charge in [0.15, 0.2) is 5.16 Å². The number of methoxy groups -OCH3 is 1. The molecule has 8 nitrogen and oxygen atoms in total. The van der Waals surface area contributed by atoms with E-state index in [1.165, 1.54) is 9.47 Å². The lowest BCUT2D eigenvalue weighted by Crippen LogP contribution is -2.59. The van der Waals surface area contributed by atoms with Crippen molar-refractivity contribution in [3.63, 3.8) is 0 Å². The number of anilines is 2. The molecule has 0 radical (unpaired) electrons. The lowest BCUT2D eigenvalue weighted by molar-refractivity contribution is -0.125. The maximum atomic E-state index is 13.4. The number of benzene rings is 2. The lowest BCUT2D eigenvalue weighted by Gasteiger charge is -2.42. The Morgan fingerprint density at radius 1 is 1.21 bits per heavy atom. The quantitative estimate of drug-likeness (QED) is 0.423. The molecule has 1 aliphatic heterocycles. The number of ether oxygens (including phenoxy) is 1. The van der Waals surface area contributed by atoms with Gasteiger partial charge in [-0.05, 0) is 44.2 Å². The average Bonchev–Trinajstić information content (AvgIpc) is 2.77. The number of carbonyl (C=O) groups is 2. The summed E-state index contributed by atoms with van der Waals surface area (Å²) in [5.41, 5.74) is 0.357. The zero-order chi connectivity index (χ0) is 23.8. The first kappa shape index (κ1) is 23.3. The van der Waals surface area contributed by atoms with E-state index in [-0.39, 0.29) is 29.7 Å². The number of hydrogen-bond donors (Lipinski definition) is 1. The van der Waals surface area contributed by atoms with Crippen LogP contribution in [0.15, 0.2) is 52.4 Å². The number of amides is 2. The van der Waals surface area contributed by atoms with E-state index < -0.39 is 5.54 Å². The molecule has 1 N–H and O–H groups in total. The first-order valence-corrected chi connectivity index (χ1v) is 11.7. The summed E-state index contributed by atoms with van der Waals surface area (Å²) in [4.78, 5) is 45.2. The van der Waals surface area contributed by atoms with Gasteiger partial charge in [0.1, 0.15) is 5.54 Å². The second-order valence-electron chi connectivity index (χ2n) is 8.05. The average molecular weight is 487 g/mol. The highest BCUT2D eigenvalue weighted by molar-refractivity contribution is 7.99. The highest BCUT2D eigenvalue weighted by atomic mass is 35.5. The van der Waals surface area contributed by atoms with Gasteiger partial charge in [-0.2, -0.15) is 0 Å². The monoisotopic (exact) mass is 486 g/mol. The Hall–Kier alpha value is -2.88. The summed E-state index contributed by atoms with van der Waals surface area (Å²) in [6.07, 6.45) is 0. The number of nitrogens with zero attached hydrogens (tertiary/aromatic N) is 3. The molecule has 0 fully saturated rings. The van der Waals surface area contributed by atoms with Crippen LogP contribution in [-0.4, -0.2) is 46.4 Å². The number of para-hydroxylation sites is 2. The maximum absolute atomic E-state index is 13.4. The van der Waals surface area contributed by atoms with E-state index in [0.29, 0.717) is 39.1 Å². The molecule has 0 bridgehead atoms. The third-order valence-electron chi connectivity index (χ3n) is 5.48. The van der Waals surface area contributed by atoms with E-state index >= 15 is 0 Å². The first-order valence-electron chi connectivity index (χ1n) is 10.3. The molecule has 2 heterocycles. The van der Waals surface area contributed by atoms with E-state index in [0.717, 1.165) is 11.8 Å². The van der Waals surface area contributed by atoms with Crippen molar-refractivity contribution in [3.05, 3.63) is 57.8 Å². The molecule has 10 heteroatoms. The number of fused-ring (bicyclic) bond motifs is 2. The van der Waals surface area contributed by atoms with Crippen molar-refractivity contribution in [3.8, 4) is 0 Å². The van der Waals surface area contributed by atoms with E-state index in [4.69, 9.17) is 16.3 Å². The second-order valence-corrected chi connectivity index (χ2v) is 9.43. The van der Waals surface area contributed by atoms with Gasteiger partial charge in [0.05, 0.1) is 41.2 Å². The van der Waals surface area contributed by atoms with E-state index in [1.54, 1.807) is 57.4 Å². The van der Waals surface area contributed by atoms with Crippen molar-refractivity contribution >= 4 is 57.5 Å². The van der Waals surface area contributed by atoms with Crippen LogP contribution in [0.25, 0.3) is 10.9 Å². The summed E-state index contributed by atoms with van der Waals surface area (Å²) in [5.74, 6) is -0.558. The van der Waals surface area contributed by atoms with Gasteiger partial charge in [-0.15, -0.1) is 0 Å². The number of halogens is 1. The van der Waals surface area contributed by atoms with Crippen LogP contribution < -0.4 is 15.8 Å². The third kappa shape index (κ3) is 4.36. The zero-order valence-corrected chi connectivity index (χ0v) is 20.0. The first-order chi connectivity index (χ1) is 15.7. The number of nitrogens with one attached hydrogen (secondary N) is 1. The standard InChI is InChI=1S/C23H23ClN4O4S/c1-23(2)21(31)25-16-6-4-5-7-18(16)28(23)19(29)13-33-22-26-17-12-14(24)8-9-15(17)20(30)27(22)10-11-32-3/h4-9,12H,10-11,13H2,1-3H3,(H,25,31). The van der Waals surface area contributed by atoms with Crippen LogP contribution in [0.2, 0.25) is 5.02 Å². The zero-order valence-electron chi connectivity index (χ0n) is 18.4. The molecule has 3 aromatic rings. The van der Waals surface area contributed by atoms with Crippen molar-refractivity contribution < 1.29 is 14.3 Å². The molecule has 2 aromatic carbocycles. The fourth-order valence-electron chi connectivity index (χ4n) is 3.75. The van der Waals surface area contributed by atoms with Gasteiger partial charge in [-0.1, -0.05) is 35.5 Å². The number of rotatable bonds is 6. The second kappa shape index (κ2) is 9.17. The van der Waals surface area contributed by atoms with Crippen LogP contribution in [0.4, 0.5) is 11.4 Å². The minimum Gasteiger partial charge on any atom is -0.383 e. The van der Waals surface area contributed by atoms with Crippen molar-refractivity contribution in [1.29, 1.82) is 0 Å². The number of aromatic nitrogens is 2. The van der Waals surface area contributed by atoms with Crippen molar-refractivity contribution in [1.82, 2.24) is 9.55 Å². The van der Waals surface area contributed by atoms with Crippen LogP contribution in [0, 0.1) is 0 Å². The normalized spacial score (nSPS) is 14.8. The highest BCUT2D eigenvalue weighted by Crippen LogP contribution is 2.37. The van der Waals surface area contributed by atoms with Gasteiger partial charge >= 0.3 is 0 Å². The molecular formula is C23H23ClN4O4S. The Bertz CT molecular complexity index is 1310. The topological polar surface area (TPSA) is 93.5 Å². The van der Waals surface area contributed by atoms with Crippen molar-refractivity contribution in [2.24, 2.45) is 0 Å². The van der Waals surface area contributed by atoms with Gasteiger partial charge in [-0.3, -0.25) is 23.9 Å². The molecule has 1 aliphatic rings. The van der Waals surface area contributed by atoms with Crippen LogP contribution in [0.5, 0.6) is 0 Å². The Balaban J connectivity index is 1.68. The molecule has 0 unspecified atom stereocenters. The Labute approximate surface area is 199 Å². The minimum atomic E-state index is -1.08. The summed E-state index contributed by atoms with van der Waals surface area (Å²) in [7, 11) is 1.55. The molecule has 0 aliphatic carbocycles. The third-order valence-corrected chi connectivity index (χ3v) is 6.68. The molecule has 0 atom stereocenters. The minimum absolute atomic E-state index is 0.0173. The summed E-state index contributed by atoms with van der Waals surface area (Å²) in [5, 5.41) is 4.14. The van der Waals surface area contributed by atoms with Gasteiger partial charge in [0, 0.05) is 12.1 Å². The van der Waals surface area contributed by atoms with Crippen LogP contribution in [0.3, 0.4) is 0 Å². The number of hydrogen-bond acceptors (Lipinski definition) is 6. The van der Waals surface area contributed by atoms with Gasteiger partial charge in [0.2, 0.25) is 11.8 Å². The molecule has 2 amide bonds. The Morgan fingerprint density at radius 3 is 2.73 bits per heavy atom. The molecule has 0 saturated carbocycles. The predicted octanol–water partition coefficient (Wildman–Crippen LogP) is 3.55.